The van der Waals surface area contributed by atoms with E-state index in [1.54, 1.807) is 6.92 Å². The fourth-order valence-electron chi connectivity index (χ4n) is 1.73. The molecule has 0 aliphatic carbocycles. The highest BCUT2D eigenvalue weighted by atomic mass is 16.4. The minimum absolute atomic E-state index is 0.185. The molecule has 0 bridgehead atoms. The van der Waals surface area contributed by atoms with E-state index in [2.05, 4.69) is 5.32 Å². The Kier molecular flexibility index (Phi) is 3.53. The van der Waals surface area contributed by atoms with Crippen LogP contribution in [0.1, 0.15) is 26.2 Å². The van der Waals surface area contributed by atoms with Crippen LogP contribution in [0.2, 0.25) is 0 Å². The monoisotopic (exact) mass is 171 g/mol. The van der Waals surface area contributed by atoms with Crippen molar-refractivity contribution in [3.63, 3.8) is 0 Å². The number of carboxylic acids is 1. The molecule has 0 unspecified atom stereocenters. The van der Waals surface area contributed by atoms with Gasteiger partial charge in [-0.15, -0.1) is 0 Å². The number of hydrogen-bond acceptors (Lipinski definition) is 2. The van der Waals surface area contributed by atoms with Crippen molar-refractivity contribution in [3.05, 3.63) is 0 Å². The van der Waals surface area contributed by atoms with Crippen LogP contribution in [-0.4, -0.2) is 24.2 Å². The summed E-state index contributed by atoms with van der Waals surface area (Å²) in [6, 6.07) is 0. The molecule has 2 N–H and O–H groups in total. The summed E-state index contributed by atoms with van der Waals surface area (Å²) >= 11 is 0. The van der Waals surface area contributed by atoms with E-state index in [9.17, 15) is 4.79 Å². The number of rotatable bonds is 3. The van der Waals surface area contributed by atoms with Crippen molar-refractivity contribution in [3.8, 4) is 0 Å². The predicted molar refractivity (Wildman–Crippen MR) is 47.0 cm³/mol. The lowest BCUT2D eigenvalue weighted by Gasteiger charge is -2.23. The maximum Gasteiger partial charge on any atom is 0.306 e. The third-order valence-electron chi connectivity index (χ3n) is 2.51. The third kappa shape index (κ3) is 2.81. The molecule has 2 atom stereocenters. The van der Waals surface area contributed by atoms with Gasteiger partial charge in [0.2, 0.25) is 0 Å². The van der Waals surface area contributed by atoms with Crippen LogP contribution in [0.3, 0.4) is 0 Å². The maximum absolute atomic E-state index is 10.6. The maximum atomic E-state index is 10.6. The zero-order valence-corrected chi connectivity index (χ0v) is 7.55. The number of piperidine rings is 1. The highest BCUT2D eigenvalue weighted by molar-refractivity contribution is 5.69. The van der Waals surface area contributed by atoms with Gasteiger partial charge < -0.3 is 10.4 Å². The molecule has 0 spiro atoms. The van der Waals surface area contributed by atoms with Gasteiger partial charge in [0.1, 0.15) is 0 Å². The minimum atomic E-state index is -0.666. The van der Waals surface area contributed by atoms with Gasteiger partial charge in [-0.1, -0.05) is 6.92 Å². The molecule has 0 aromatic rings. The molecule has 0 amide bonds. The van der Waals surface area contributed by atoms with Crippen LogP contribution in [0, 0.1) is 11.8 Å². The molecular weight excluding hydrogens is 154 g/mol. The number of carboxylic acid groups (broad SMARTS) is 1. The first-order valence-corrected chi connectivity index (χ1v) is 4.63. The zero-order valence-electron chi connectivity index (χ0n) is 7.55. The van der Waals surface area contributed by atoms with Crippen LogP contribution in [0.4, 0.5) is 0 Å². The lowest BCUT2D eigenvalue weighted by Crippen LogP contribution is -2.31. The van der Waals surface area contributed by atoms with Crippen molar-refractivity contribution < 1.29 is 9.90 Å². The minimum Gasteiger partial charge on any atom is -0.481 e. The second-order valence-electron chi connectivity index (χ2n) is 3.69. The Hall–Kier alpha value is -0.570. The molecule has 0 radical (unpaired) electrons. The standard InChI is InChI=1S/C9H17NO2/c1-7(9(11)12)5-8-3-2-4-10-6-8/h7-8,10H,2-6H2,1H3,(H,11,12)/t7-,8+/m0/s1. The Bertz CT molecular complexity index is 153. The molecular formula is C9H17NO2. The van der Waals surface area contributed by atoms with Gasteiger partial charge in [0.25, 0.3) is 0 Å². The molecule has 3 heteroatoms. The molecule has 70 valence electrons. The topological polar surface area (TPSA) is 49.3 Å². The average molecular weight is 171 g/mol. The largest absolute Gasteiger partial charge is 0.481 e. The van der Waals surface area contributed by atoms with E-state index in [0.717, 1.165) is 19.5 Å². The number of nitrogens with one attached hydrogen (secondary N) is 1. The summed E-state index contributed by atoms with van der Waals surface area (Å²) in [7, 11) is 0. The Morgan fingerprint density at radius 3 is 3.00 bits per heavy atom. The summed E-state index contributed by atoms with van der Waals surface area (Å²) in [5.41, 5.74) is 0. The summed E-state index contributed by atoms with van der Waals surface area (Å²) in [5, 5.41) is 12.0. The third-order valence-corrected chi connectivity index (χ3v) is 2.51. The van der Waals surface area contributed by atoms with Crippen LogP contribution < -0.4 is 5.32 Å². The van der Waals surface area contributed by atoms with Crippen LogP contribution >= 0.6 is 0 Å². The molecule has 12 heavy (non-hydrogen) atoms. The normalized spacial score (nSPS) is 26.6. The van der Waals surface area contributed by atoms with Crippen molar-refractivity contribution in [1.82, 2.24) is 5.32 Å². The van der Waals surface area contributed by atoms with Crippen molar-refractivity contribution in [2.24, 2.45) is 11.8 Å². The molecule has 1 saturated heterocycles. The molecule has 0 aromatic heterocycles. The number of carbonyl (C=O) groups is 1. The van der Waals surface area contributed by atoms with Gasteiger partial charge >= 0.3 is 5.97 Å². The molecule has 1 fully saturated rings. The molecule has 0 aromatic carbocycles. The molecule has 1 aliphatic heterocycles. The highest BCUT2D eigenvalue weighted by Crippen LogP contribution is 2.19. The molecule has 3 nitrogen and oxygen atoms in total. The van der Waals surface area contributed by atoms with Gasteiger partial charge in [-0.2, -0.15) is 0 Å². The number of hydrogen-bond donors (Lipinski definition) is 2. The summed E-state index contributed by atoms with van der Waals surface area (Å²) < 4.78 is 0. The second kappa shape index (κ2) is 4.45. The van der Waals surface area contributed by atoms with Gasteiger partial charge in [0, 0.05) is 0 Å². The first-order valence-electron chi connectivity index (χ1n) is 4.63. The molecule has 1 heterocycles. The SMILES string of the molecule is C[C@@H](C[C@H]1CCCNC1)C(=O)O. The van der Waals surface area contributed by atoms with Gasteiger partial charge in [-0.05, 0) is 38.3 Å². The van der Waals surface area contributed by atoms with E-state index >= 15 is 0 Å². The predicted octanol–water partition coefficient (Wildman–Crippen LogP) is 1.10. The van der Waals surface area contributed by atoms with Crippen molar-refractivity contribution in [1.29, 1.82) is 0 Å². The van der Waals surface area contributed by atoms with Crippen molar-refractivity contribution >= 4 is 5.97 Å². The van der Waals surface area contributed by atoms with E-state index in [-0.39, 0.29) is 5.92 Å². The van der Waals surface area contributed by atoms with E-state index < -0.39 is 5.97 Å². The van der Waals surface area contributed by atoms with Crippen molar-refractivity contribution in [2.45, 2.75) is 26.2 Å². The molecule has 1 aliphatic rings. The summed E-state index contributed by atoms with van der Waals surface area (Å²) in [5.74, 6) is -0.277. The number of aliphatic carboxylic acids is 1. The highest BCUT2D eigenvalue weighted by Gasteiger charge is 2.19. The van der Waals surface area contributed by atoms with Crippen LogP contribution in [0.25, 0.3) is 0 Å². The van der Waals surface area contributed by atoms with E-state index in [4.69, 9.17) is 5.11 Å². The first-order chi connectivity index (χ1) is 5.70. The van der Waals surface area contributed by atoms with Gasteiger partial charge in [0.05, 0.1) is 5.92 Å². The fraction of sp³-hybridized carbons (Fsp3) is 0.889. The lowest BCUT2D eigenvalue weighted by molar-refractivity contribution is -0.141. The Morgan fingerprint density at radius 2 is 2.50 bits per heavy atom. The average Bonchev–Trinajstić information content (AvgIpc) is 2.06. The van der Waals surface area contributed by atoms with Crippen LogP contribution in [-0.2, 0) is 4.79 Å². The van der Waals surface area contributed by atoms with Crippen LogP contribution in [0.15, 0.2) is 0 Å². The van der Waals surface area contributed by atoms with Gasteiger partial charge in [-0.3, -0.25) is 4.79 Å². The van der Waals surface area contributed by atoms with Gasteiger partial charge in [-0.25, -0.2) is 0 Å². The Balaban J connectivity index is 2.24. The second-order valence-corrected chi connectivity index (χ2v) is 3.69. The van der Waals surface area contributed by atoms with E-state index in [1.807, 2.05) is 0 Å². The smallest absolute Gasteiger partial charge is 0.306 e. The van der Waals surface area contributed by atoms with Crippen molar-refractivity contribution in [2.75, 3.05) is 13.1 Å². The summed E-state index contributed by atoms with van der Waals surface area (Å²) in [6.07, 6.45) is 3.20. The lowest BCUT2D eigenvalue weighted by atomic mass is 9.90. The fourth-order valence-corrected chi connectivity index (χ4v) is 1.73. The summed E-state index contributed by atoms with van der Waals surface area (Å²) in [6.45, 7) is 3.88. The Labute approximate surface area is 73.2 Å². The first kappa shape index (κ1) is 9.52. The summed E-state index contributed by atoms with van der Waals surface area (Å²) in [4.78, 5) is 10.6. The zero-order chi connectivity index (χ0) is 8.97. The molecule has 1 rings (SSSR count). The Morgan fingerprint density at radius 1 is 1.75 bits per heavy atom. The van der Waals surface area contributed by atoms with E-state index in [1.165, 1.54) is 12.8 Å². The van der Waals surface area contributed by atoms with Crippen LogP contribution in [0.5, 0.6) is 0 Å². The van der Waals surface area contributed by atoms with E-state index in [0.29, 0.717) is 5.92 Å². The quantitative estimate of drug-likeness (QED) is 0.668. The van der Waals surface area contributed by atoms with Gasteiger partial charge in [0.15, 0.2) is 0 Å². The molecule has 0 saturated carbocycles.